The van der Waals surface area contributed by atoms with Crippen molar-refractivity contribution in [2.45, 2.75) is 56.8 Å². The second kappa shape index (κ2) is 9.63. The molecule has 3 heterocycles. The first-order valence-electron chi connectivity index (χ1n) is 12.2. The summed E-state index contributed by atoms with van der Waals surface area (Å²) >= 11 is 7.96. The van der Waals surface area contributed by atoms with E-state index >= 15 is 4.39 Å². The number of imide groups is 1. The van der Waals surface area contributed by atoms with Gasteiger partial charge in [0.15, 0.2) is 0 Å². The molecule has 38 heavy (non-hydrogen) atoms. The molecule has 2 N–H and O–H groups in total. The number of nitrogens with one attached hydrogen (secondary N) is 2. The predicted octanol–water partition coefficient (Wildman–Crippen LogP) is 4.02. The van der Waals surface area contributed by atoms with E-state index in [4.69, 9.17) is 16.3 Å². The molecule has 2 fully saturated rings. The zero-order chi connectivity index (χ0) is 26.6. The van der Waals surface area contributed by atoms with Gasteiger partial charge in [-0.1, -0.05) is 23.7 Å². The summed E-state index contributed by atoms with van der Waals surface area (Å²) in [6, 6.07) is 6.09. The van der Waals surface area contributed by atoms with Gasteiger partial charge in [0.1, 0.15) is 18.0 Å². The average Bonchev–Trinajstić information content (AvgIpc) is 3.46. The van der Waals surface area contributed by atoms with Gasteiger partial charge in [-0.15, -0.1) is 11.3 Å². The maximum Gasteiger partial charge on any atom is 0.407 e. The number of hydrogen-bond acceptors (Lipinski definition) is 7. The lowest BCUT2D eigenvalue weighted by Gasteiger charge is -2.35. The molecular weight excluding hydrogens is 535 g/mol. The van der Waals surface area contributed by atoms with Crippen LogP contribution in [0.4, 0.5) is 9.18 Å². The quantitative estimate of drug-likeness (QED) is 0.458. The Morgan fingerprint density at radius 1 is 1.24 bits per heavy atom. The lowest BCUT2D eigenvalue weighted by atomic mass is 9.77. The first-order chi connectivity index (χ1) is 18.3. The Balaban J connectivity index is 1.05. The van der Waals surface area contributed by atoms with Crippen molar-refractivity contribution >= 4 is 57.0 Å². The number of alkyl carbamates (subject to hydrolysis) is 1. The number of carbonyl (C=O) groups excluding carboxylic acids is 4. The van der Waals surface area contributed by atoms with Gasteiger partial charge in [0, 0.05) is 35.7 Å². The molecule has 0 radical (unpaired) electrons. The standard InChI is InChI=1S/C26H22ClFN4O5S/c27-16-3-5-18-23(30-11-38-18)20(16)14-7-15(8-14)37-26(36)29-9-12-1-2-13-10-32(25(35)21(13)22(12)28)17-4-6-19(33)31-24(17)34/h1-3,5,11,14-15,17H,4,6-10H2,(H,29,36)(H,31,33,34). The molecule has 3 aromatic rings. The zero-order valence-corrected chi connectivity index (χ0v) is 21.5. The van der Waals surface area contributed by atoms with Gasteiger partial charge in [0.2, 0.25) is 11.8 Å². The van der Waals surface area contributed by atoms with Crippen molar-refractivity contribution in [3.05, 3.63) is 62.9 Å². The fourth-order valence-electron chi connectivity index (χ4n) is 5.36. The molecule has 2 aliphatic heterocycles. The first kappa shape index (κ1) is 24.7. The van der Waals surface area contributed by atoms with E-state index in [1.165, 1.54) is 11.0 Å². The number of ether oxygens (including phenoxy) is 1. The molecule has 4 amide bonds. The minimum atomic E-state index is -0.827. The van der Waals surface area contributed by atoms with E-state index in [1.54, 1.807) is 22.9 Å². The van der Waals surface area contributed by atoms with Crippen LogP contribution in [-0.4, -0.2) is 45.8 Å². The predicted molar refractivity (Wildman–Crippen MR) is 136 cm³/mol. The molecule has 2 aromatic carbocycles. The van der Waals surface area contributed by atoms with Gasteiger partial charge >= 0.3 is 6.09 Å². The molecule has 1 unspecified atom stereocenters. The summed E-state index contributed by atoms with van der Waals surface area (Å²) < 4.78 is 21.8. The Hall–Kier alpha value is -3.57. The molecule has 6 rings (SSSR count). The van der Waals surface area contributed by atoms with Gasteiger partial charge in [0.05, 0.1) is 21.3 Å². The number of aromatic nitrogens is 1. The van der Waals surface area contributed by atoms with E-state index < -0.39 is 29.8 Å². The van der Waals surface area contributed by atoms with Gasteiger partial charge in [-0.25, -0.2) is 14.2 Å². The molecular formula is C26H22ClFN4O5S. The Morgan fingerprint density at radius 2 is 2.05 bits per heavy atom. The summed E-state index contributed by atoms with van der Waals surface area (Å²) in [6.07, 6.45) is 0.565. The van der Waals surface area contributed by atoms with Gasteiger partial charge in [-0.2, -0.15) is 0 Å². The first-order valence-corrected chi connectivity index (χ1v) is 13.5. The van der Waals surface area contributed by atoms with Crippen molar-refractivity contribution in [1.82, 2.24) is 20.5 Å². The van der Waals surface area contributed by atoms with Gasteiger partial charge in [-0.05, 0) is 42.9 Å². The number of thiazole rings is 1. The van der Waals surface area contributed by atoms with Gasteiger partial charge in [-0.3, -0.25) is 19.7 Å². The molecule has 1 saturated heterocycles. The summed E-state index contributed by atoms with van der Waals surface area (Å²) in [7, 11) is 0. The highest BCUT2D eigenvalue weighted by Crippen LogP contribution is 2.44. The van der Waals surface area contributed by atoms with E-state index in [1.807, 2.05) is 12.1 Å². The van der Waals surface area contributed by atoms with E-state index in [9.17, 15) is 19.2 Å². The molecule has 1 aromatic heterocycles. The monoisotopic (exact) mass is 556 g/mol. The highest BCUT2D eigenvalue weighted by atomic mass is 35.5. The Bertz CT molecular complexity index is 1500. The van der Waals surface area contributed by atoms with Crippen molar-refractivity contribution < 1.29 is 28.3 Å². The topological polar surface area (TPSA) is 118 Å². The van der Waals surface area contributed by atoms with Crippen LogP contribution in [0.3, 0.4) is 0 Å². The summed E-state index contributed by atoms with van der Waals surface area (Å²) in [5.41, 5.74) is 4.11. The van der Waals surface area contributed by atoms with E-state index in [0.29, 0.717) is 23.4 Å². The molecule has 1 saturated carbocycles. The normalized spacial score (nSPS) is 22.7. The van der Waals surface area contributed by atoms with Crippen LogP contribution in [0.25, 0.3) is 10.2 Å². The third kappa shape index (κ3) is 4.29. The Morgan fingerprint density at radius 3 is 2.84 bits per heavy atom. The van der Waals surface area contributed by atoms with Crippen LogP contribution >= 0.6 is 22.9 Å². The van der Waals surface area contributed by atoms with Gasteiger partial charge in [0.25, 0.3) is 5.91 Å². The Labute approximate surface area is 225 Å². The van der Waals surface area contributed by atoms with Crippen molar-refractivity contribution in [3.63, 3.8) is 0 Å². The summed E-state index contributed by atoms with van der Waals surface area (Å²) in [6.45, 7) is -0.0850. The lowest BCUT2D eigenvalue weighted by molar-refractivity contribution is -0.136. The third-order valence-electron chi connectivity index (χ3n) is 7.40. The number of piperidine rings is 1. The minimum absolute atomic E-state index is 0.0780. The number of carbonyl (C=O) groups is 4. The number of hydrogen-bond donors (Lipinski definition) is 2. The van der Waals surface area contributed by atoms with Crippen LogP contribution < -0.4 is 10.6 Å². The van der Waals surface area contributed by atoms with E-state index in [-0.39, 0.29) is 55.0 Å². The molecule has 1 aliphatic carbocycles. The molecule has 196 valence electrons. The number of amides is 4. The average molecular weight is 557 g/mol. The molecule has 12 heteroatoms. The second-order valence-electron chi connectivity index (χ2n) is 9.68. The van der Waals surface area contributed by atoms with Crippen LogP contribution in [0.5, 0.6) is 0 Å². The molecule has 9 nitrogen and oxygen atoms in total. The lowest BCUT2D eigenvalue weighted by Crippen LogP contribution is -2.52. The fourth-order valence-corrected chi connectivity index (χ4v) is 6.36. The van der Waals surface area contributed by atoms with Crippen LogP contribution in [0.2, 0.25) is 5.02 Å². The van der Waals surface area contributed by atoms with Crippen LogP contribution in [0.1, 0.15) is 58.6 Å². The van der Waals surface area contributed by atoms with Crippen LogP contribution in [0.15, 0.2) is 29.8 Å². The highest BCUT2D eigenvalue weighted by Gasteiger charge is 2.41. The highest BCUT2D eigenvalue weighted by molar-refractivity contribution is 7.16. The number of benzene rings is 2. The number of fused-ring (bicyclic) bond motifs is 2. The van der Waals surface area contributed by atoms with Crippen molar-refractivity contribution in [3.8, 4) is 0 Å². The zero-order valence-electron chi connectivity index (χ0n) is 20.0. The molecule has 3 aliphatic rings. The number of rotatable bonds is 5. The third-order valence-corrected chi connectivity index (χ3v) is 8.52. The maximum atomic E-state index is 15.3. The second-order valence-corrected chi connectivity index (χ2v) is 11.0. The number of nitrogens with zero attached hydrogens (tertiary/aromatic N) is 2. The van der Waals surface area contributed by atoms with E-state index in [2.05, 4.69) is 15.6 Å². The molecule has 1 atom stereocenters. The smallest absolute Gasteiger partial charge is 0.407 e. The molecule has 0 spiro atoms. The summed E-state index contributed by atoms with van der Waals surface area (Å²) in [4.78, 5) is 54.7. The Kier molecular flexibility index (Phi) is 6.27. The largest absolute Gasteiger partial charge is 0.446 e. The minimum Gasteiger partial charge on any atom is -0.446 e. The maximum absolute atomic E-state index is 15.3. The van der Waals surface area contributed by atoms with Crippen LogP contribution in [-0.2, 0) is 27.4 Å². The van der Waals surface area contributed by atoms with Crippen LogP contribution in [0, 0.1) is 5.82 Å². The summed E-state index contributed by atoms with van der Waals surface area (Å²) in [5, 5.41) is 5.43. The molecule has 0 bridgehead atoms. The van der Waals surface area contributed by atoms with Gasteiger partial charge < -0.3 is 15.0 Å². The van der Waals surface area contributed by atoms with E-state index in [0.717, 1.165) is 15.8 Å². The van der Waals surface area contributed by atoms with Crippen molar-refractivity contribution in [2.24, 2.45) is 0 Å². The number of halogens is 2. The fraction of sp³-hybridized carbons (Fsp3) is 0.346. The SMILES string of the molecule is O=C1CCC(N2Cc3ccc(CNC(=O)OC4CC(c5c(Cl)ccc6scnc56)C4)c(F)c3C2=O)C(=O)N1. The van der Waals surface area contributed by atoms with Crippen molar-refractivity contribution in [2.75, 3.05) is 0 Å². The van der Waals surface area contributed by atoms with Crippen molar-refractivity contribution in [1.29, 1.82) is 0 Å². The summed E-state index contributed by atoms with van der Waals surface area (Å²) in [5.74, 6) is -2.15.